The summed E-state index contributed by atoms with van der Waals surface area (Å²) in [6.07, 6.45) is 7.71. The van der Waals surface area contributed by atoms with Gasteiger partial charge in [0.25, 0.3) is 0 Å². The number of para-hydroxylation sites is 2. The van der Waals surface area contributed by atoms with Crippen molar-refractivity contribution in [3.05, 3.63) is 119 Å². The smallest absolute Gasteiger partial charge is 0.338 e. The lowest BCUT2D eigenvalue weighted by Crippen LogP contribution is -2.08. The second-order valence-electron chi connectivity index (χ2n) is 7.75. The van der Waals surface area contributed by atoms with E-state index in [1.54, 1.807) is 26.0 Å². The number of hydrogen-bond donors (Lipinski definition) is 0. The topological polar surface area (TPSA) is 52.6 Å². The monoisotopic (exact) mass is 450 g/mol. The highest BCUT2D eigenvalue weighted by Gasteiger charge is 2.09. The Hall–Kier alpha value is -4.44. The molecule has 0 heterocycles. The fourth-order valence-electron chi connectivity index (χ4n) is 2.89. The first-order valence-corrected chi connectivity index (χ1v) is 10.7. The van der Waals surface area contributed by atoms with Gasteiger partial charge in [0.05, 0.1) is 0 Å². The summed E-state index contributed by atoms with van der Waals surface area (Å²) in [7, 11) is 0. The van der Waals surface area contributed by atoms with Gasteiger partial charge in [0.15, 0.2) is 0 Å². The fraction of sp³-hybridized carbons (Fsp3) is 0.0667. The minimum atomic E-state index is -0.451. The highest BCUT2D eigenvalue weighted by Crippen LogP contribution is 2.23. The van der Waals surface area contributed by atoms with Gasteiger partial charge < -0.3 is 9.47 Å². The van der Waals surface area contributed by atoms with Crippen LogP contribution in [0.4, 0.5) is 0 Å². The zero-order valence-electron chi connectivity index (χ0n) is 19.3. The van der Waals surface area contributed by atoms with Crippen molar-refractivity contribution in [2.45, 2.75) is 13.8 Å². The Morgan fingerprint density at radius 2 is 0.941 bits per heavy atom. The molecule has 0 saturated heterocycles. The number of benzene rings is 3. The molecule has 0 aromatic heterocycles. The van der Waals surface area contributed by atoms with Gasteiger partial charge in [-0.05, 0) is 37.1 Å². The third-order valence-corrected chi connectivity index (χ3v) is 4.79. The van der Waals surface area contributed by atoms with Gasteiger partial charge in [-0.15, -0.1) is 0 Å². The van der Waals surface area contributed by atoms with E-state index in [-0.39, 0.29) is 0 Å². The minimum Gasteiger partial charge on any atom is -0.423 e. The lowest BCUT2D eigenvalue weighted by molar-refractivity contribution is -0.130. The Bertz CT molecular complexity index is 1180. The maximum Gasteiger partial charge on any atom is 0.338 e. The molecule has 0 unspecified atom stereocenters. The van der Waals surface area contributed by atoms with Crippen molar-refractivity contribution < 1.29 is 19.1 Å². The van der Waals surface area contributed by atoms with E-state index in [9.17, 15) is 9.59 Å². The summed E-state index contributed by atoms with van der Waals surface area (Å²) in [5.41, 5.74) is 4.27. The Kier molecular flexibility index (Phi) is 8.14. The first-order chi connectivity index (χ1) is 16.3. The maximum atomic E-state index is 11.9. The molecule has 0 aliphatic rings. The predicted octanol–water partition coefficient (Wildman–Crippen LogP) is 6.99. The maximum absolute atomic E-state index is 11.9. The first kappa shape index (κ1) is 24.2. The molecule has 0 aliphatic carbocycles. The summed E-state index contributed by atoms with van der Waals surface area (Å²) in [5, 5.41) is 0. The highest BCUT2D eigenvalue weighted by molar-refractivity contribution is 5.90. The van der Waals surface area contributed by atoms with Gasteiger partial charge in [-0.3, -0.25) is 0 Å². The van der Waals surface area contributed by atoms with Gasteiger partial charge >= 0.3 is 11.9 Å². The van der Waals surface area contributed by atoms with E-state index in [2.05, 4.69) is 13.2 Å². The van der Waals surface area contributed by atoms with E-state index in [0.717, 1.165) is 22.3 Å². The standard InChI is InChI=1S/C30H26O4/c1-21(2)29(31)33-27-11-7-5-9-25(27)19-17-23-13-15-24(16-14-23)18-20-26-10-6-8-12-28(26)34-30(32)22(3)4/h5-20H,1,3H2,2,4H3/b19-17+,20-18+. The molecule has 4 nitrogen and oxygen atoms in total. The second-order valence-corrected chi connectivity index (χ2v) is 7.75. The number of rotatable bonds is 8. The lowest BCUT2D eigenvalue weighted by atomic mass is 10.1. The van der Waals surface area contributed by atoms with Gasteiger partial charge in [-0.25, -0.2) is 9.59 Å². The number of ether oxygens (including phenoxy) is 2. The SMILES string of the molecule is C=C(C)C(=O)Oc1ccccc1/C=C/c1ccc(/C=C/c2ccccc2OC(=O)C(=C)C)cc1. The zero-order chi connectivity index (χ0) is 24.5. The van der Waals surface area contributed by atoms with E-state index in [1.807, 2.05) is 85.0 Å². The Morgan fingerprint density at radius 3 is 1.29 bits per heavy atom. The average Bonchev–Trinajstić information content (AvgIpc) is 2.83. The minimum absolute atomic E-state index is 0.346. The van der Waals surface area contributed by atoms with Crippen LogP contribution in [0.5, 0.6) is 11.5 Å². The molecule has 0 atom stereocenters. The van der Waals surface area contributed by atoms with Crippen LogP contribution in [0.2, 0.25) is 0 Å². The summed E-state index contributed by atoms with van der Waals surface area (Å²) in [6.45, 7) is 10.5. The van der Waals surface area contributed by atoms with Gasteiger partial charge in [0.1, 0.15) is 11.5 Å². The van der Waals surface area contributed by atoms with Crippen LogP contribution < -0.4 is 9.47 Å². The first-order valence-electron chi connectivity index (χ1n) is 10.7. The van der Waals surface area contributed by atoms with Crippen LogP contribution in [0.1, 0.15) is 36.1 Å². The number of carbonyl (C=O) groups is 2. The van der Waals surface area contributed by atoms with Crippen molar-refractivity contribution in [3.63, 3.8) is 0 Å². The van der Waals surface area contributed by atoms with E-state index in [0.29, 0.717) is 22.6 Å². The summed E-state index contributed by atoms with van der Waals surface area (Å²) < 4.78 is 10.8. The molecular weight excluding hydrogens is 424 g/mol. The number of hydrogen-bond acceptors (Lipinski definition) is 4. The summed E-state index contributed by atoms with van der Waals surface area (Å²) in [5.74, 6) is 0.0653. The number of carbonyl (C=O) groups excluding carboxylic acids is 2. The molecule has 0 saturated carbocycles. The molecule has 0 spiro atoms. The molecule has 0 N–H and O–H groups in total. The van der Waals surface area contributed by atoms with E-state index >= 15 is 0 Å². The van der Waals surface area contributed by atoms with E-state index < -0.39 is 11.9 Å². The molecule has 0 aliphatic heterocycles. The zero-order valence-corrected chi connectivity index (χ0v) is 19.3. The summed E-state index contributed by atoms with van der Waals surface area (Å²) in [4.78, 5) is 23.7. The third-order valence-electron chi connectivity index (χ3n) is 4.79. The highest BCUT2D eigenvalue weighted by atomic mass is 16.5. The normalized spacial score (nSPS) is 10.9. The van der Waals surface area contributed by atoms with Crippen LogP contribution >= 0.6 is 0 Å². The van der Waals surface area contributed by atoms with Crippen molar-refractivity contribution in [1.82, 2.24) is 0 Å². The quantitative estimate of drug-likeness (QED) is 0.161. The van der Waals surface area contributed by atoms with Crippen LogP contribution in [-0.4, -0.2) is 11.9 Å². The summed E-state index contributed by atoms with van der Waals surface area (Å²) in [6, 6.07) is 22.6. The van der Waals surface area contributed by atoms with Crippen LogP contribution in [0.25, 0.3) is 24.3 Å². The third kappa shape index (κ3) is 6.78. The molecule has 0 fully saturated rings. The molecule has 0 amide bonds. The lowest BCUT2D eigenvalue weighted by Gasteiger charge is -2.07. The Balaban J connectivity index is 1.72. The van der Waals surface area contributed by atoms with E-state index in [1.165, 1.54) is 0 Å². The van der Waals surface area contributed by atoms with Crippen LogP contribution in [0.15, 0.2) is 97.1 Å². The van der Waals surface area contributed by atoms with Gasteiger partial charge in [-0.2, -0.15) is 0 Å². The molecule has 3 aromatic rings. The van der Waals surface area contributed by atoms with Crippen molar-refractivity contribution in [2.75, 3.05) is 0 Å². The average molecular weight is 451 g/mol. The van der Waals surface area contributed by atoms with Crippen LogP contribution in [0, 0.1) is 0 Å². The van der Waals surface area contributed by atoms with Crippen LogP contribution in [-0.2, 0) is 9.59 Å². The van der Waals surface area contributed by atoms with Crippen LogP contribution in [0.3, 0.4) is 0 Å². The second kappa shape index (κ2) is 11.4. The van der Waals surface area contributed by atoms with Crippen molar-refractivity contribution in [3.8, 4) is 11.5 Å². The molecule has 3 rings (SSSR count). The van der Waals surface area contributed by atoms with Gasteiger partial charge in [0, 0.05) is 22.3 Å². The van der Waals surface area contributed by atoms with Crippen molar-refractivity contribution in [2.24, 2.45) is 0 Å². The molecule has 3 aromatic carbocycles. The molecule has 34 heavy (non-hydrogen) atoms. The van der Waals surface area contributed by atoms with Crippen molar-refractivity contribution >= 4 is 36.2 Å². The summed E-state index contributed by atoms with van der Waals surface area (Å²) >= 11 is 0. The molecular formula is C30H26O4. The fourth-order valence-corrected chi connectivity index (χ4v) is 2.89. The Morgan fingerprint density at radius 1 is 0.588 bits per heavy atom. The molecule has 4 heteroatoms. The van der Waals surface area contributed by atoms with E-state index in [4.69, 9.17) is 9.47 Å². The molecule has 0 radical (unpaired) electrons. The molecule has 0 bridgehead atoms. The predicted molar refractivity (Wildman–Crippen MR) is 138 cm³/mol. The largest absolute Gasteiger partial charge is 0.423 e. The van der Waals surface area contributed by atoms with Crippen molar-refractivity contribution in [1.29, 1.82) is 0 Å². The molecule has 170 valence electrons. The van der Waals surface area contributed by atoms with Gasteiger partial charge in [-0.1, -0.05) is 98.1 Å². The number of esters is 2. The van der Waals surface area contributed by atoms with Gasteiger partial charge in [0.2, 0.25) is 0 Å². The Labute approximate surface area is 200 Å².